The standard InChI is InChI=1S/C28H32FN3O4S/c1-4-22-10-12-23(13-11-22)32(37(34,35)27-19-21(2)9-14-26(27)36-3)20-28(33)31-17-15-30(16-18-31)25-8-6-5-7-24(25)29/h5-14,19H,4,15-18,20H2,1-3H3. The van der Waals surface area contributed by atoms with Crippen molar-refractivity contribution >= 4 is 27.3 Å². The fraction of sp³-hybridized carbons (Fsp3) is 0.321. The van der Waals surface area contributed by atoms with Crippen molar-refractivity contribution in [1.82, 2.24) is 4.90 Å². The van der Waals surface area contributed by atoms with E-state index < -0.39 is 10.0 Å². The molecule has 7 nitrogen and oxygen atoms in total. The van der Waals surface area contributed by atoms with Crippen molar-refractivity contribution in [2.75, 3.05) is 49.0 Å². The zero-order valence-corrected chi connectivity index (χ0v) is 22.2. The molecule has 3 aromatic rings. The number of para-hydroxylation sites is 1. The SMILES string of the molecule is CCc1ccc(N(CC(=O)N2CCN(c3ccccc3F)CC2)S(=O)(=O)c2cc(C)ccc2OC)cc1. The van der Waals surface area contributed by atoms with E-state index in [1.54, 1.807) is 60.4 Å². The van der Waals surface area contributed by atoms with Crippen LogP contribution in [0.3, 0.4) is 0 Å². The number of anilines is 2. The number of hydrogen-bond acceptors (Lipinski definition) is 5. The van der Waals surface area contributed by atoms with E-state index in [9.17, 15) is 17.6 Å². The number of aryl methyl sites for hydroxylation is 2. The highest BCUT2D eigenvalue weighted by Gasteiger charge is 2.32. The Balaban J connectivity index is 1.60. The molecule has 0 aliphatic carbocycles. The molecule has 1 fully saturated rings. The van der Waals surface area contributed by atoms with Gasteiger partial charge >= 0.3 is 0 Å². The molecule has 37 heavy (non-hydrogen) atoms. The third-order valence-corrected chi connectivity index (χ3v) is 8.42. The Hall–Kier alpha value is -3.59. The van der Waals surface area contributed by atoms with Crippen LogP contribution in [-0.4, -0.2) is 59.1 Å². The molecule has 1 aliphatic rings. The first-order valence-corrected chi connectivity index (χ1v) is 13.7. The number of ether oxygens (including phenoxy) is 1. The second-order valence-electron chi connectivity index (χ2n) is 9.01. The monoisotopic (exact) mass is 525 g/mol. The Morgan fingerprint density at radius 3 is 2.30 bits per heavy atom. The number of carbonyl (C=O) groups is 1. The lowest BCUT2D eigenvalue weighted by Crippen LogP contribution is -2.52. The molecule has 4 rings (SSSR count). The van der Waals surface area contributed by atoms with Crippen molar-refractivity contribution in [3.8, 4) is 5.75 Å². The van der Waals surface area contributed by atoms with E-state index in [4.69, 9.17) is 4.74 Å². The van der Waals surface area contributed by atoms with Crippen LogP contribution in [0.1, 0.15) is 18.1 Å². The van der Waals surface area contributed by atoms with Gasteiger partial charge in [-0.15, -0.1) is 0 Å². The van der Waals surface area contributed by atoms with Gasteiger partial charge in [0.25, 0.3) is 10.0 Å². The van der Waals surface area contributed by atoms with Crippen molar-refractivity contribution in [1.29, 1.82) is 0 Å². The zero-order valence-electron chi connectivity index (χ0n) is 21.4. The number of halogens is 1. The second kappa shape index (κ2) is 11.2. The van der Waals surface area contributed by atoms with Crippen LogP contribution in [0.4, 0.5) is 15.8 Å². The summed E-state index contributed by atoms with van der Waals surface area (Å²) in [6.07, 6.45) is 0.809. The van der Waals surface area contributed by atoms with Gasteiger partial charge in [-0.3, -0.25) is 9.10 Å². The summed E-state index contributed by atoms with van der Waals surface area (Å²) in [5, 5.41) is 0. The number of nitrogens with zero attached hydrogens (tertiary/aromatic N) is 3. The zero-order chi connectivity index (χ0) is 26.6. The summed E-state index contributed by atoms with van der Waals surface area (Å²) in [5.74, 6) is -0.406. The molecule has 1 amide bonds. The molecule has 0 bridgehead atoms. The number of amides is 1. The van der Waals surface area contributed by atoms with Gasteiger partial charge in [0.05, 0.1) is 18.5 Å². The van der Waals surface area contributed by atoms with E-state index in [0.717, 1.165) is 21.9 Å². The van der Waals surface area contributed by atoms with Gasteiger partial charge in [-0.1, -0.05) is 37.3 Å². The van der Waals surface area contributed by atoms with Crippen molar-refractivity contribution in [3.05, 3.63) is 83.7 Å². The Morgan fingerprint density at radius 2 is 1.68 bits per heavy atom. The molecule has 1 heterocycles. The van der Waals surface area contributed by atoms with Gasteiger partial charge in [0.15, 0.2) is 0 Å². The number of carbonyl (C=O) groups excluding carboxylic acids is 1. The van der Waals surface area contributed by atoms with Gasteiger partial charge in [0.1, 0.15) is 23.0 Å². The van der Waals surface area contributed by atoms with E-state index in [2.05, 4.69) is 0 Å². The smallest absolute Gasteiger partial charge is 0.268 e. The number of sulfonamides is 1. The molecule has 1 aliphatic heterocycles. The topological polar surface area (TPSA) is 70.2 Å². The van der Waals surface area contributed by atoms with Gasteiger partial charge in [0, 0.05) is 26.2 Å². The summed E-state index contributed by atoms with van der Waals surface area (Å²) in [4.78, 5) is 16.9. The molecule has 3 aromatic carbocycles. The second-order valence-corrected chi connectivity index (χ2v) is 10.8. The summed E-state index contributed by atoms with van der Waals surface area (Å²) >= 11 is 0. The molecular formula is C28H32FN3O4S. The quantitative estimate of drug-likeness (QED) is 0.440. The van der Waals surface area contributed by atoms with Gasteiger partial charge in [-0.05, 0) is 60.9 Å². The van der Waals surface area contributed by atoms with Crippen LogP contribution in [0.2, 0.25) is 0 Å². The van der Waals surface area contributed by atoms with E-state index in [-0.39, 0.29) is 28.9 Å². The third kappa shape index (κ3) is 5.72. The largest absolute Gasteiger partial charge is 0.495 e. The normalized spacial score (nSPS) is 13.9. The Bertz CT molecular complexity index is 1350. The molecular weight excluding hydrogens is 493 g/mol. The molecule has 0 saturated carbocycles. The molecule has 0 radical (unpaired) electrons. The number of methoxy groups -OCH3 is 1. The average Bonchev–Trinajstić information content (AvgIpc) is 2.92. The Labute approximate surface area is 218 Å². The summed E-state index contributed by atoms with van der Waals surface area (Å²) in [6, 6.07) is 18.7. The lowest BCUT2D eigenvalue weighted by Gasteiger charge is -2.37. The van der Waals surface area contributed by atoms with Gasteiger partial charge in [-0.2, -0.15) is 0 Å². The first kappa shape index (κ1) is 26.5. The van der Waals surface area contributed by atoms with Crippen LogP contribution in [-0.2, 0) is 21.2 Å². The number of piperazine rings is 1. The predicted octanol–water partition coefficient (Wildman–Crippen LogP) is 4.25. The minimum Gasteiger partial charge on any atom is -0.495 e. The van der Waals surface area contributed by atoms with Crippen LogP contribution >= 0.6 is 0 Å². The Kier molecular flexibility index (Phi) is 8.02. The Morgan fingerprint density at radius 1 is 1.00 bits per heavy atom. The maximum Gasteiger partial charge on any atom is 0.268 e. The maximum absolute atomic E-state index is 14.2. The molecule has 0 unspecified atom stereocenters. The van der Waals surface area contributed by atoms with Gasteiger partial charge < -0.3 is 14.5 Å². The van der Waals surface area contributed by atoms with Crippen molar-refractivity contribution < 1.29 is 22.3 Å². The molecule has 0 N–H and O–H groups in total. The van der Waals surface area contributed by atoms with Gasteiger partial charge in [0.2, 0.25) is 5.91 Å². The predicted molar refractivity (Wildman–Crippen MR) is 143 cm³/mol. The minimum atomic E-state index is -4.13. The van der Waals surface area contributed by atoms with E-state index >= 15 is 0 Å². The summed E-state index contributed by atoms with van der Waals surface area (Å²) < 4.78 is 48.6. The molecule has 9 heteroatoms. The summed E-state index contributed by atoms with van der Waals surface area (Å²) in [6.45, 7) is 5.11. The van der Waals surface area contributed by atoms with Crippen molar-refractivity contribution in [3.63, 3.8) is 0 Å². The molecule has 196 valence electrons. The minimum absolute atomic E-state index is 0.00624. The van der Waals surface area contributed by atoms with Gasteiger partial charge in [-0.25, -0.2) is 12.8 Å². The summed E-state index contributed by atoms with van der Waals surface area (Å²) in [7, 11) is -2.71. The third-order valence-electron chi connectivity index (χ3n) is 6.62. The van der Waals surface area contributed by atoms with Crippen LogP contribution in [0.25, 0.3) is 0 Å². The van der Waals surface area contributed by atoms with E-state index in [0.29, 0.717) is 37.6 Å². The fourth-order valence-corrected chi connectivity index (χ4v) is 6.10. The summed E-state index contributed by atoms with van der Waals surface area (Å²) in [5.41, 5.74) is 2.72. The molecule has 0 atom stereocenters. The number of rotatable bonds is 8. The number of benzene rings is 3. The lowest BCUT2D eigenvalue weighted by molar-refractivity contribution is -0.129. The maximum atomic E-state index is 14.2. The highest BCUT2D eigenvalue weighted by Crippen LogP contribution is 2.31. The lowest BCUT2D eigenvalue weighted by atomic mass is 10.1. The van der Waals surface area contributed by atoms with Crippen LogP contribution < -0.4 is 13.9 Å². The highest BCUT2D eigenvalue weighted by molar-refractivity contribution is 7.93. The van der Waals surface area contributed by atoms with E-state index in [1.807, 2.05) is 24.0 Å². The average molecular weight is 526 g/mol. The highest BCUT2D eigenvalue weighted by atomic mass is 32.2. The van der Waals surface area contributed by atoms with Crippen molar-refractivity contribution in [2.24, 2.45) is 0 Å². The molecule has 0 spiro atoms. The van der Waals surface area contributed by atoms with Crippen LogP contribution in [0.15, 0.2) is 71.6 Å². The first-order valence-electron chi connectivity index (χ1n) is 12.3. The van der Waals surface area contributed by atoms with Crippen LogP contribution in [0.5, 0.6) is 5.75 Å². The molecule has 0 aromatic heterocycles. The van der Waals surface area contributed by atoms with E-state index in [1.165, 1.54) is 13.2 Å². The molecule has 1 saturated heterocycles. The number of hydrogen-bond donors (Lipinski definition) is 0. The first-order chi connectivity index (χ1) is 17.7. The van der Waals surface area contributed by atoms with Crippen molar-refractivity contribution in [2.45, 2.75) is 25.2 Å². The fourth-order valence-electron chi connectivity index (χ4n) is 4.44. The van der Waals surface area contributed by atoms with Crippen LogP contribution in [0, 0.1) is 12.7 Å².